The van der Waals surface area contributed by atoms with E-state index in [1.807, 2.05) is 6.07 Å². The molecule has 0 saturated heterocycles. The molecule has 0 spiro atoms. The fourth-order valence-corrected chi connectivity index (χ4v) is 4.20. The van der Waals surface area contributed by atoms with Crippen molar-refractivity contribution in [3.8, 4) is 11.4 Å². The SMILES string of the molecule is C=Cc1ccc(=O)n(CC(=O)C(=O)O)c1-c1cc(NCc2ccc(Cl)s2)n(C(=O)C(C)(C)CO)n1. The summed E-state index contributed by atoms with van der Waals surface area (Å²) in [6.07, 6.45) is 1.43. The molecule has 0 unspecified atom stereocenters. The number of hydrogen-bond donors (Lipinski definition) is 3. The first kappa shape index (κ1) is 26.1. The second-order valence-electron chi connectivity index (χ2n) is 8.23. The van der Waals surface area contributed by atoms with Crippen LogP contribution < -0.4 is 10.9 Å². The van der Waals surface area contributed by atoms with Gasteiger partial charge >= 0.3 is 5.97 Å². The number of Topliss-reactive ketones (excluding diaryl/α,β-unsaturated/α-hetero) is 1. The third kappa shape index (κ3) is 5.59. The van der Waals surface area contributed by atoms with Crippen LogP contribution in [0.1, 0.15) is 29.1 Å². The van der Waals surface area contributed by atoms with Gasteiger partial charge in [-0.25, -0.2) is 4.79 Å². The molecule has 184 valence electrons. The van der Waals surface area contributed by atoms with Crippen LogP contribution in [0.3, 0.4) is 0 Å². The molecule has 0 bridgehead atoms. The Bertz CT molecular complexity index is 1370. The van der Waals surface area contributed by atoms with Crippen LogP contribution in [0.2, 0.25) is 4.34 Å². The maximum absolute atomic E-state index is 13.2. The maximum Gasteiger partial charge on any atom is 0.374 e. The number of carbonyl (C=O) groups excluding carboxylic acids is 2. The Morgan fingerprint density at radius 1 is 1.26 bits per heavy atom. The topological polar surface area (TPSA) is 144 Å². The standard InChI is InChI=1S/C23H23ClN4O6S/c1-4-13-5-8-19(31)27(11-16(30)21(32)33)20(13)15-9-18(25-10-14-6-7-17(24)35-14)28(26-15)22(34)23(2,3)12-29/h4-9,25,29H,1,10-12H2,2-3H3,(H,32,33). The predicted molar refractivity (Wildman–Crippen MR) is 133 cm³/mol. The number of hydrogen-bond acceptors (Lipinski definition) is 8. The number of halogens is 1. The van der Waals surface area contributed by atoms with Gasteiger partial charge in [-0.3, -0.25) is 19.0 Å². The van der Waals surface area contributed by atoms with Gasteiger partial charge in [0, 0.05) is 22.6 Å². The second-order valence-corrected chi connectivity index (χ2v) is 10.0. The van der Waals surface area contributed by atoms with E-state index in [0.29, 0.717) is 16.4 Å². The Morgan fingerprint density at radius 2 is 1.97 bits per heavy atom. The number of anilines is 1. The number of carboxylic acid groups (broad SMARTS) is 1. The molecule has 3 heterocycles. The number of thiophene rings is 1. The van der Waals surface area contributed by atoms with Crippen molar-refractivity contribution >= 4 is 52.5 Å². The van der Waals surface area contributed by atoms with Crippen molar-refractivity contribution in [2.75, 3.05) is 11.9 Å². The highest BCUT2D eigenvalue weighted by Crippen LogP contribution is 2.29. The van der Waals surface area contributed by atoms with E-state index in [-0.39, 0.29) is 17.2 Å². The third-order valence-corrected chi connectivity index (χ3v) is 6.40. The smallest absolute Gasteiger partial charge is 0.374 e. The van der Waals surface area contributed by atoms with Crippen molar-refractivity contribution in [2.45, 2.75) is 26.9 Å². The van der Waals surface area contributed by atoms with Gasteiger partial charge in [0.05, 0.1) is 35.1 Å². The minimum absolute atomic E-state index is 0.123. The molecule has 0 aliphatic heterocycles. The molecule has 3 N–H and O–H groups in total. The Morgan fingerprint density at radius 3 is 2.54 bits per heavy atom. The molecule has 0 aliphatic carbocycles. The molecule has 0 atom stereocenters. The Hall–Kier alpha value is -3.54. The minimum Gasteiger partial charge on any atom is -0.475 e. The third-order valence-electron chi connectivity index (χ3n) is 5.17. The molecule has 3 aromatic heterocycles. The number of carboxylic acids is 1. The van der Waals surface area contributed by atoms with Gasteiger partial charge in [0.1, 0.15) is 11.5 Å². The van der Waals surface area contributed by atoms with Crippen molar-refractivity contribution < 1.29 is 24.6 Å². The van der Waals surface area contributed by atoms with Gasteiger partial charge in [0.25, 0.3) is 17.2 Å². The molecule has 0 aromatic carbocycles. The number of ketones is 1. The predicted octanol–water partition coefficient (Wildman–Crippen LogP) is 2.99. The molecule has 0 amide bonds. The molecule has 10 nitrogen and oxygen atoms in total. The van der Waals surface area contributed by atoms with E-state index < -0.39 is 41.8 Å². The average Bonchev–Trinajstić information content (AvgIpc) is 3.43. The number of nitrogens with one attached hydrogen (secondary N) is 1. The number of pyridine rings is 1. The molecule has 3 rings (SSSR count). The monoisotopic (exact) mass is 518 g/mol. The van der Waals surface area contributed by atoms with Crippen molar-refractivity contribution in [3.63, 3.8) is 0 Å². The summed E-state index contributed by atoms with van der Waals surface area (Å²) in [6, 6.07) is 7.72. The van der Waals surface area contributed by atoms with Gasteiger partial charge < -0.3 is 15.5 Å². The van der Waals surface area contributed by atoms with E-state index in [1.165, 1.54) is 35.6 Å². The van der Waals surface area contributed by atoms with Gasteiger partial charge in [0.15, 0.2) is 0 Å². The highest BCUT2D eigenvalue weighted by atomic mass is 35.5. The summed E-state index contributed by atoms with van der Waals surface area (Å²) in [4.78, 5) is 49.8. The summed E-state index contributed by atoms with van der Waals surface area (Å²) >= 11 is 7.35. The first-order valence-electron chi connectivity index (χ1n) is 10.3. The Labute approximate surface area is 209 Å². The van der Waals surface area contributed by atoms with Crippen LogP contribution in [0, 0.1) is 5.41 Å². The molecule has 0 fully saturated rings. The zero-order chi connectivity index (χ0) is 25.9. The average molecular weight is 519 g/mol. The fraction of sp³-hybridized carbons (Fsp3) is 0.261. The van der Waals surface area contributed by atoms with Crippen LogP contribution in [0.5, 0.6) is 0 Å². The zero-order valence-corrected chi connectivity index (χ0v) is 20.5. The van der Waals surface area contributed by atoms with Gasteiger partial charge in [-0.1, -0.05) is 24.3 Å². The molecule has 0 radical (unpaired) electrons. The Balaban J connectivity index is 2.17. The first-order chi connectivity index (χ1) is 16.5. The quantitative estimate of drug-likeness (QED) is 0.347. The number of carbonyl (C=O) groups is 3. The van der Waals surface area contributed by atoms with E-state index in [9.17, 15) is 24.3 Å². The molecular formula is C23H23ClN4O6S. The Kier molecular flexibility index (Phi) is 7.73. The summed E-state index contributed by atoms with van der Waals surface area (Å²) in [5, 5.41) is 26.3. The van der Waals surface area contributed by atoms with E-state index in [0.717, 1.165) is 14.1 Å². The van der Waals surface area contributed by atoms with Crippen LogP contribution in [-0.4, -0.2) is 48.8 Å². The van der Waals surface area contributed by atoms with E-state index in [2.05, 4.69) is 17.0 Å². The number of aliphatic carboxylic acids is 1. The number of rotatable bonds is 10. The molecular weight excluding hydrogens is 496 g/mol. The summed E-state index contributed by atoms with van der Waals surface area (Å²) in [5.74, 6) is -3.14. The van der Waals surface area contributed by atoms with Gasteiger partial charge in [0.2, 0.25) is 0 Å². The van der Waals surface area contributed by atoms with E-state index in [4.69, 9.17) is 16.7 Å². The lowest BCUT2D eigenvalue weighted by atomic mass is 9.94. The highest BCUT2D eigenvalue weighted by molar-refractivity contribution is 7.16. The fourth-order valence-electron chi connectivity index (χ4n) is 3.17. The van der Waals surface area contributed by atoms with Crippen molar-refractivity contribution in [1.29, 1.82) is 0 Å². The van der Waals surface area contributed by atoms with Gasteiger partial charge in [-0.2, -0.15) is 9.78 Å². The number of aliphatic hydroxyl groups is 1. The molecule has 0 aliphatic rings. The van der Waals surface area contributed by atoms with Crippen molar-refractivity contribution in [1.82, 2.24) is 14.3 Å². The summed E-state index contributed by atoms with van der Waals surface area (Å²) in [5.41, 5.74) is -1.15. The number of nitrogens with zero attached hydrogens (tertiary/aromatic N) is 3. The minimum atomic E-state index is -1.69. The normalized spacial score (nSPS) is 11.3. The van der Waals surface area contributed by atoms with Crippen LogP contribution in [0.15, 0.2) is 41.7 Å². The van der Waals surface area contributed by atoms with Gasteiger partial charge in [-0.05, 0) is 32.0 Å². The molecule has 0 saturated carbocycles. The van der Waals surface area contributed by atoms with Crippen LogP contribution in [0.25, 0.3) is 17.5 Å². The van der Waals surface area contributed by atoms with Gasteiger partial charge in [-0.15, -0.1) is 11.3 Å². The van der Waals surface area contributed by atoms with E-state index >= 15 is 0 Å². The largest absolute Gasteiger partial charge is 0.475 e. The summed E-state index contributed by atoms with van der Waals surface area (Å²) in [6.45, 7) is 5.96. The van der Waals surface area contributed by atoms with Crippen molar-refractivity contribution in [2.24, 2.45) is 5.41 Å². The zero-order valence-electron chi connectivity index (χ0n) is 18.9. The lowest BCUT2D eigenvalue weighted by Crippen LogP contribution is -2.34. The summed E-state index contributed by atoms with van der Waals surface area (Å²) < 4.78 is 2.65. The summed E-state index contributed by atoms with van der Waals surface area (Å²) in [7, 11) is 0. The number of aliphatic hydroxyl groups excluding tert-OH is 1. The lowest BCUT2D eigenvalue weighted by Gasteiger charge is -2.20. The van der Waals surface area contributed by atoms with E-state index in [1.54, 1.807) is 19.9 Å². The lowest BCUT2D eigenvalue weighted by molar-refractivity contribution is -0.149. The molecule has 3 aromatic rings. The molecule has 12 heteroatoms. The highest BCUT2D eigenvalue weighted by Gasteiger charge is 2.32. The van der Waals surface area contributed by atoms with Crippen LogP contribution in [-0.2, 0) is 22.7 Å². The molecule has 35 heavy (non-hydrogen) atoms. The second kappa shape index (κ2) is 10.4. The van der Waals surface area contributed by atoms with Crippen molar-refractivity contribution in [3.05, 3.63) is 62.0 Å². The first-order valence-corrected chi connectivity index (χ1v) is 11.5. The number of aromatic nitrogens is 3. The van der Waals surface area contributed by atoms with Crippen LogP contribution in [0.4, 0.5) is 5.82 Å². The van der Waals surface area contributed by atoms with Crippen LogP contribution >= 0.6 is 22.9 Å². The maximum atomic E-state index is 13.2.